The van der Waals surface area contributed by atoms with Gasteiger partial charge in [0.05, 0.1) is 5.39 Å². The highest BCUT2D eigenvalue weighted by Gasteiger charge is 2.20. The van der Waals surface area contributed by atoms with Crippen molar-refractivity contribution in [1.82, 2.24) is 4.98 Å². The highest BCUT2D eigenvalue weighted by molar-refractivity contribution is 6.17. The van der Waals surface area contributed by atoms with E-state index in [1.807, 2.05) is 48.5 Å². The van der Waals surface area contributed by atoms with Crippen LogP contribution in [0.1, 0.15) is 0 Å². The van der Waals surface area contributed by atoms with Crippen molar-refractivity contribution in [2.24, 2.45) is 0 Å². The van der Waals surface area contributed by atoms with Crippen molar-refractivity contribution >= 4 is 60.9 Å². The molecule has 0 N–H and O–H groups in total. The van der Waals surface area contributed by atoms with Crippen LogP contribution in [0.15, 0.2) is 167 Å². The molecule has 0 amide bonds. The number of oxazole rings is 1. The molecular formula is C41H26N2O2. The maximum Gasteiger partial charge on any atom is 0.227 e. The van der Waals surface area contributed by atoms with Gasteiger partial charge in [-0.3, -0.25) is 0 Å². The average molecular weight is 579 g/mol. The van der Waals surface area contributed by atoms with E-state index in [9.17, 15) is 0 Å². The molecule has 0 radical (unpaired) electrons. The normalized spacial score (nSPS) is 11.6. The number of aromatic nitrogens is 1. The Morgan fingerprint density at radius 2 is 1.13 bits per heavy atom. The maximum atomic E-state index is 6.49. The van der Waals surface area contributed by atoms with Crippen molar-refractivity contribution in [2.75, 3.05) is 4.90 Å². The maximum absolute atomic E-state index is 6.49. The lowest BCUT2D eigenvalue weighted by Crippen LogP contribution is -2.10. The molecule has 45 heavy (non-hydrogen) atoms. The van der Waals surface area contributed by atoms with Gasteiger partial charge in [0, 0.05) is 34.1 Å². The van der Waals surface area contributed by atoms with Gasteiger partial charge < -0.3 is 13.7 Å². The Morgan fingerprint density at radius 1 is 0.444 bits per heavy atom. The third-order valence-corrected chi connectivity index (χ3v) is 8.46. The van der Waals surface area contributed by atoms with Gasteiger partial charge >= 0.3 is 0 Å². The Kier molecular flexibility index (Phi) is 5.78. The van der Waals surface area contributed by atoms with Crippen LogP contribution < -0.4 is 4.90 Å². The van der Waals surface area contributed by atoms with Crippen molar-refractivity contribution < 1.29 is 8.83 Å². The minimum atomic E-state index is 0.602. The van der Waals surface area contributed by atoms with Gasteiger partial charge in [-0.15, -0.1) is 0 Å². The topological polar surface area (TPSA) is 42.4 Å². The van der Waals surface area contributed by atoms with Crippen molar-refractivity contribution in [3.8, 4) is 22.6 Å². The highest BCUT2D eigenvalue weighted by Crippen LogP contribution is 2.42. The summed E-state index contributed by atoms with van der Waals surface area (Å²) in [5.41, 5.74) is 9.52. The van der Waals surface area contributed by atoms with E-state index in [0.717, 1.165) is 61.2 Å². The Morgan fingerprint density at radius 3 is 1.98 bits per heavy atom. The third kappa shape index (κ3) is 4.35. The van der Waals surface area contributed by atoms with E-state index >= 15 is 0 Å². The van der Waals surface area contributed by atoms with Gasteiger partial charge in [0.2, 0.25) is 5.89 Å². The Labute approximate surface area is 259 Å². The molecule has 0 atom stereocenters. The molecule has 4 nitrogen and oxygen atoms in total. The molecule has 0 aliphatic carbocycles. The minimum Gasteiger partial charge on any atom is -0.456 e. The summed E-state index contributed by atoms with van der Waals surface area (Å²) in [5.74, 6) is 0.602. The summed E-state index contributed by atoms with van der Waals surface area (Å²) >= 11 is 0. The van der Waals surface area contributed by atoms with Crippen LogP contribution in [0.2, 0.25) is 0 Å². The van der Waals surface area contributed by atoms with E-state index in [1.165, 1.54) is 16.3 Å². The molecule has 7 aromatic carbocycles. The van der Waals surface area contributed by atoms with Gasteiger partial charge in [0.25, 0.3) is 0 Å². The Bertz CT molecular complexity index is 2490. The molecule has 2 aromatic heterocycles. The molecule has 9 aromatic rings. The Balaban J connectivity index is 1.22. The molecule has 0 saturated heterocycles. The number of benzene rings is 7. The van der Waals surface area contributed by atoms with Gasteiger partial charge in [0.1, 0.15) is 16.7 Å². The zero-order chi connectivity index (χ0) is 29.7. The highest BCUT2D eigenvalue weighted by atomic mass is 16.4. The van der Waals surface area contributed by atoms with Crippen LogP contribution >= 0.6 is 0 Å². The van der Waals surface area contributed by atoms with E-state index in [2.05, 4.69) is 114 Å². The first-order chi connectivity index (χ1) is 22.3. The molecule has 0 aliphatic heterocycles. The lowest BCUT2D eigenvalue weighted by Gasteiger charge is -2.26. The van der Waals surface area contributed by atoms with E-state index in [0.29, 0.717) is 5.89 Å². The summed E-state index contributed by atoms with van der Waals surface area (Å²) in [7, 11) is 0. The second-order valence-corrected chi connectivity index (χ2v) is 11.2. The van der Waals surface area contributed by atoms with Crippen LogP contribution in [0.4, 0.5) is 17.1 Å². The molecule has 9 rings (SSSR count). The number of fused-ring (bicyclic) bond motifs is 6. The molecule has 212 valence electrons. The molecule has 4 heteroatoms. The summed E-state index contributed by atoms with van der Waals surface area (Å²) < 4.78 is 12.9. The summed E-state index contributed by atoms with van der Waals surface area (Å²) in [6.07, 6.45) is 0. The smallest absolute Gasteiger partial charge is 0.227 e. The number of rotatable bonds is 5. The average Bonchev–Trinajstić information content (AvgIpc) is 3.71. The summed E-state index contributed by atoms with van der Waals surface area (Å²) in [6, 6.07) is 54.6. The fraction of sp³-hybridized carbons (Fsp3) is 0. The van der Waals surface area contributed by atoms with E-state index in [-0.39, 0.29) is 0 Å². The number of anilines is 3. The van der Waals surface area contributed by atoms with E-state index < -0.39 is 0 Å². The monoisotopic (exact) mass is 578 g/mol. The largest absolute Gasteiger partial charge is 0.456 e. The third-order valence-electron chi connectivity index (χ3n) is 8.46. The van der Waals surface area contributed by atoms with Crippen molar-refractivity contribution in [1.29, 1.82) is 0 Å². The van der Waals surface area contributed by atoms with Crippen LogP contribution in [0.3, 0.4) is 0 Å². The molecule has 0 spiro atoms. The fourth-order valence-corrected chi connectivity index (χ4v) is 6.30. The number of furan rings is 1. The number of hydrogen-bond donors (Lipinski definition) is 0. The zero-order valence-electron chi connectivity index (χ0n) is 24.2. The number of nitrogens with zero attached hydrogens (tertiary/aromatic N) is 2. The quantitative estimate of drug-likeness (QED) is 0.204. The second-order valence-electron chi connectivity index (χ2n) is 11.2. The van der Waals surface area contributed by atoms with Crippen LogP contribution in [0, 0.1) is 0 Å². The lowest BCUT2D eigenvalue weighted by atomic mass is 10.0. The SMILES string of the molecule is c1ccc(-c2cccc(N(c3ccc4ccccc4c3)c3ccc4c(c3)oc3ccc5nc(-c6ccccc6)oc5c34)c2)cc1. The molecular weight excluding hydrogens is 552 g/mol. The summed E-state index contributed by atoms with van der Waals surface area (Å²) in [4.78, 5) is 7.08. The van der Waals surface area contributed by atoms with Gasteiger partial charge in [-0.1, -0.05) is 91.0 Å². The van der Waals surface area contributed by atoms with Gasteiger partial charge in [-0.05, 0) is 82.6 Å². The van der Waals surface area contributed by atoms with Crippen molar-refractivity contribution in [3.05, 3.63) is 158 Å². The van der Waals surface area contributed by atoms with Gasteiger partial charge in [0.15, 0.2) is 5.58 Å². The first-order valence-corrected chi connectivity index (χ1v) is 15.0. The molecule has 0 fully saturated rings. The number of hydrogen-bond acceptors (Lipinski definition) is 4. The first-order valence-electron chi connectivity index (χ1n) is 15.0. The van der Waals surface area contributed by atoms with Crippen LogP contribution in [-0.4, -0.2) is 4.98 Å². The summed E-state index contributed by atoms with van der Waals surface area (Å²) in [6.45, 7) is 0. The Hall–Kier alpha value is -6.13. The van der Waals surface area contributed by atoms with Crippen molar-refractivity contribution in [2.45, 2.75) is 0 Å². The minimum absolute atomic E-state index is 0.602. The first kappa shape index (κ1) is 25.4. The van der Waals surface area contributed by atoms with E-state index in [1.54, 1.807) is 0 Å². The van der Waals surface area contributed by atoms with Crippen molar-refractivity contribution in [3.63, 3.8) is 0 Å². The zero-order valence-corrected chi connectivity index (χ0v) is 24.2. The molecule has 2 heterocycles. The van der Waals surface area contributed by atoms with Gasteiger partial charge in [-0.2, -0.15) is 0 Å². The van der Waals surface area contributed by atoms with Crippen LogP contribution in [0.5, 0.6) is 0 Å². The second kappa shape index (κ2) is 10.2. The predicted octanol–water partition coefficient (Wildman–Crippen LogP) is 11.7. The van der Waals surface area contributed by atoms with E-state index in [4.69, 9.17) is 13.8 Å². The fourth-order valence-electron chi connectivity index (χ4n) is 6.30. The lowest BCUT2D eigenvalue weighted by molar-refractivity contribution is 0.622. The molecule has 0 saturated carbocycles. The van der Waals surface area contributed by atoms with Gasteiger partial charge in [-0.25, -0.2) is 4.98 Å². The predicted molar refractivity (Wildman–Crippen MR) is 184 cm³/mol. The molecule has 0 bridgehead atoms. The standard InChI is InChI=1S/C41H26N2O2/c1-3-10-27(11-4-1)31-16-9-17-32(24-31)43(33-19-18-28-12-7-8-15-30(28)25-33)34-20-21-35-38(26-34)44-37-23-22-36-40(39(35)37)45-41(42-36)29-13-5-2-6-14-29/h1-26H. The van der Waals surface area contributed by atoms with Crippen LogP contribution in [0.25, 0.3) is 66.4 Å². The summed E-state index contributed by atoms with van der Waals surface area (Å²) in [5, 5.41) is 4.32. The molecule has 0 aliphatic rings. The van der Waals surface area contributed by atoms with Crippen LogP contribution in [-0.2, 0) is 0 Å². The molecule has 0 unspecified atom stereocenters.